The van der Waals surface area contributed by atoms with Crippen LogP contribution in [0.1, 0.15) is 30.9 Å². The number of pyridine rings is 1. The number of piperidine rings is 1. The fraction of sp³-hybridized carbons (Fsp3) is 0.500. The van der Waals surface area contributed by atoms with Crippen molar-refractivity contribution in [2.24, 2.45) is 0 Å². The van der Waals surface area contributed by atoms with Crippen LogP contribution in [0.25, 0.3) is 0 Å². The van der Waals surface area contributed by atoms with Gasteiger partial charge in [0.1, 0.15) is 10.3 Å². The average Bonchev–Trinajstić information content (AvgIpc) is 2.18. The van der Waals surface area contributed by atoms with Crippen LogP contribution in [0.3, 0.4) is 0 Å². The van der Waals surface area contributed by atoms with Crippen molar-refractivity contribution in [3.05, 3.63) is 28.0 Å². The smallest absolute Gasteiger partial charge is 0.131 e. The SMILES string of the molecule is Clc1cc(C2CCCCN2)cc(Cl)n1. The van der Waals surface area contributed by atoms with E-state index in [1.807, 2.05) is 12.1 Å². The van der Waals surface area contributed by atoms with E-state index in [2.05, 4.69) is 10.3 Å². The van der Waals surface area contributed by atoms with Crippen LogP contribution in [0.5, 0.6) is 0 Å². The van der Waals surface area contributed by atoms with Gasteiger partial charge < -0.3 is 5.32 Å². The first-order chi connectivity index (χ1) is 6.75. The minimum Gasteiger partial charge on any atom is -0.310 e. The summed E-state index contributed by atoms with van der Waals surface area (Å²) in [6.07, 6.45) is 3.66. The molecule has 1 unspecified atom stereocenters. The summed E-state index contributed by atoms with van der Waals surface area (Å²) in [5.74, 6) is 0. The Hall–Kier alpha value is -0.310. The van der Waals surface area contributed by atoms with Crippen molar-refractivity contribution in [3.63, 3.8) is 0 Å². The Morgan fingerprint density at radius 1 is 1.21 bits per heavy atom. The van der Waals surface area contributed by atoms with Gasteiger partial charge in [0.15, 0.2) is 0 Å². The molecule has 14 heavy (non-hydrogen) atoms. The molecule has 1 saturated heterocycles. The summed E-state index contributed by atoms with van der Waals surface area (Å²) >= 11 is 11.7. The molecule has 4 heteroatoms. The zero-order chi connectivity index (χ0) is 9.97. The molecule has 1 aliphatic rings. The summed E-state index contributed by atoms with van der Waals surface area (Å²) < 4.78 is 0. The van der Waals surface area contributed by atoms with E-state index in [-0.39, 0.29) is 0 Å². The Morgan fingerprint density at radius 3 is 2.50 bits per heavy atom. The maximum atomic E-state index is 5.85. The van der Waals surface area contributed by atoms with Gasteiger partial charge in [-0.15, -0.1) is 0 Å². The van der Waals surface area contributed by atoms with Crippen molar-refractivity contribution in [2.75, 3.05) is 6.54 Å². The molecule has 2 heterocycles. The van der Waals surface area contributed by atoms with Crippen LogP contribution in [0.2, 0.25) is 10.3 Å². The summed E-state index contributed by atoms with van der Waals surface area (Å²) in [4.78, 5) is 3.93. The van der Waals surface area contributed by atoms with E-state index in [9.17, 15) is 0 Å². The molecule has 0 radical (unpaired) electrons. The second-order valence-corrected chi connectivity index (χ2v) is 4.32. The van der Waals surface area contributed by atoms with Crippen LogP contribution in [0, 0.1) is 0 Å². The van der Waals surface area contributed by atoms with Gasteiger partial charge in [0, 0.05) is 6.04 Å². The topological polar surface area (TPSA) is 24.9 Å². The van der Waals surface area contributed by atoms with Gasteiger partial charge in [-0.3, -0.25) is 0 Å². The lowest BCUT2D eigenvalue weighted by Gasteiger charge is -2.23. The molecule has 1 aliphatic heterocycles. The normalized spacial score (nSPS) is 22.3. The lowest BCUT2D eigenvalue weighted by atomic mass is 9.99. The summed E-state index contributed by atoms with van der Waals surface area (Å²) in [5, 5.41) is 4.39. The number of rotatable bonds is 1. The molecule has 0 saturated carbocycles. The molecule has 0 aliphatic carbocycles. The Labute approximate surface area is 93.6 Å². The summed E-state index contributed by atoms with van der Waals surface area (Å²) in [6, 6.07) is 4.16. The highest BCUT2D eigenvalue weighted by Gasteiger charge is 2.15. The zero-order valence-electron chi connectivity index (χ0n) is 7.76. The van der Waals surface area contributed by atoms with Gasteiger partial charge in [-0.25, -0.2) is 4.98 Å². The van der Waals surface area contributed by atoms with Crippen LogP contribution in [-0.2, 0) is 0 Å². The standard InChI is InChI=1S/C10H12Cl2N2/c11-9-5-7(6-10(12)14-9)8-3-1-2-4-13-8/h5-6,8,13H,1-4H2. The van der Waals surface area contributed by atoms with Crippen LogP contribution in [-0.4, -0.2) is 11.5 Å². The molecule has 1 aromatic heterocycles. The third kappa shape index (κ3) is 2.38. The molecule has 1 N–H and O–H groups in total. The van der Waals surface area contributed by atoms with Crippen LogP contribution in [0.15, 0.2) is 12.1 Å². The van der Waals surface area contributed by atoms with Crippen LogP contribution < -0.4 is 5.32 Å². The highest BCUT2D eigenvalue weighted by Crippen LogP contribution is 2.26. The van der Waals surface area contributed by atoms with Crippen molar-refractivity contribution in [1.29, 1.82) is 0 Å². The molecule has 1 fully saturated rings. The van der Waals surface area contributed by atoms with Gasteiger partial charge in [-0.05, 0) is 37.1 Å². The first-order valence-corrected chi connectivity index (χ1v) is 5.57. The predicted octanol–water partition coefficient (Wildman–Crippen LogP) is 3.20. The van der Waals surface area contributed by atoms with Gasteiger partial charge >= 0.3 is 0 Å². The molecule has 0 bridgehead atoms. The fourth-order valence-electron chi connectivity index (χ4n) is 1.82. The number of hydrogen-bond donors (Lipinski definition) is 1. The molecular weight excluding hydrogens is 219 g/mol. The monoisotopic (exact) mass is 230 g/mol. The maximum Gasteiger partial charge on any atom is 0.131 e. The van der Waals surface area contributed by atoms with E-state index in [1.54, 1.807) is 0 Å². The number of hydrogen-bond acceptors (Lipinski definition) is 2. The Bertz CT molecular complexity index is 302. The average molecular weight is 231 g/mol. The van der Waals surface area contributed by atoms with Crippen LogP contribution in [0.4, 0.5) is 0 Å². The zero-order valence-corrected chi connectivity index (χ0v) is 9.28. The number of nitrogens with zero attached hydrogens (tertiary/aromatic N) is 1. The van der Waals surface area contributed by atoms with Gasteiger partial charge in [-0.2, -0.15) is 0 Å². The highest BCUT2D eigenvalue weighted by atomic mass is 35.5. The van der Waals surface area contributed by atoms with E-state index in [0.717, 1.165) is 18.5 Å². The summed E-state index contributed by atoms with van der Waals surface area (Å²) in [7, 11) is 0. The Kier molecular flexibility index (Phi) is 3.26. The van der Waals surface area contributed by atoms with Gasteiger partial charge in [-0.1, -0.05) is 29.6 Å². The minimum absolute atomic E-state index is 0.391. The molecule has 0 spiro atoms. The molecule has 2 nitrogen and oxygen atoms in total. The molecule has 0 aromatic carbocycles. The molecule has 2 rings (SSSR count). The van der Waals surface area contributed by atoms with Crippen molar-refractivity contribution in [2.45, 2.75) is 25.3 Å². The van der Waals surface area contributed by atoms with Crippen molar-refractivity contribution in [3.8, 4) is 0 Å². The first-order valence-electron chi connectivity index (χ1n) is 4.82. The lowest BCUT2D eigenvalue weighted by molar-refractivity contribution is 0.412. The van der Waals surface area contributed by atoms with Gasteiger partial charge in [0.05, 0.1) is 0 Å². The van der Waals surface area contributed by atoms with E-state index in [4.69, 9.17) is 23.2 Å². The quantitative estimate of drug-likeness (QED) is 0.750. The minimum atomic E-state index is 0.391. The van der Waals surface area contributed by atoms with E-state index in [1.165, 1.54) is 12.8 Å². The molecular formula is C10H12Cl2N2. The van der Waals surface area contributed by atoms with E-state index < -0.39 is 0 Å². The Balaban J connectivity index is 2.21. The summed E-state index contributed by atoms with van der Waals surface area (Å²) in [5.41, 5.74) is 1.15. The first kappa shape index (κ1) is 10.2. The summed E-state index contributed by atoms with van der Waals surface area (Å²) in [6.45, 7) is 1.07. The maximum absolute atomic E-state index is 5.85. The number of nitrogens with one attached hydrogen (secondary N) is 1. The van der Waals surface area contributed by atoms with E-state index >= 15 is 0 Å². The molecule has 76 valence electrons. The second kappa shape index (κ2) is 4.47. The second-order valence-electron chi connectivity index (χ2n) is 3.55. The highest BCUT2D eigenvalue weighted by molar-refractivity contribution is 6.32. The molecule has 1 aromatic rings. The van der Waals surface area contributed by atoms with Crippen molar-refractivity contribution < 1.29 is 0 Å². The largest absolute Gasteiger partial charge is 0.310 e. The van der Waals surface area contributed by atoms with Crippen molar-refractivity contribution in [1.82, 2.24) is 10.3 Å². The third-order valence-corrected chi connectivity index (χ3v) is 2.89. The molecule has 1 atom stereocenters. The van der Waals surface area contributed by atoms with Gasteiger partial charge in [0.2, 0.25) is 0 Å². The van der Waals surface area contributed by atoms with E-state index in [0.29, 0.717) is 16.3 Å². The fourth-order valence-corrected chi connectivity index (χ4v) is 2.30. The van der Waals surface area contributed by atoms with Crippen molar-refractivity contribution >= 4 is 23.2 Å². The lowest BCUT2D eigenvalue weighted by Crippen LogP contribution is -2.26. The van der Waals surface area contributed by atoms with Gasteiger partial charge in [0.25, 0.3) is 0 Å². The Morgan fingerprint density at radius 2 is 1.93 bits per heavy atom. The molecule has 0 amide bonds. The third-order valence-electron chi connectivity index (χ3n) is 2.50. The number of halogens is 2. The van der Waals surface area contributed by atoms with Crippen LogP contribution >= 0.6 is 23.2 Å². The predicted molar refractivity (Wildman–Crippen MR) is 58.9 cm³/mol. The number of aromatic nitrogens is 1.